The molecule has 0 N–H and O–H groups in total. The van der Waals surface area contributed by atoms with Crippen molar-refractivity contribution in [3.63, 3.8) is 0 Å². The van der Waals surface area contributed by atoms with Crippen LogP contribution in [0.5, 0.6) is 0 Å². The molecule has 2 aromatic heterocycles. The van der Waals surface area contributed by atoms with Gasteiger partial charge in [-0.3, -0.25) is 19.3 Å². The summed E-state index contributed by atoms with van der Waals surface area (Å²) in [6.45, 7) is 11.2. The van der Waals surface area contributed by atoms with Crippen LogP contribution in [-0.4, -0.2) is 65.0 Å². The van der Waals surface area contributed by atoms with Crippen molar-refractivity contribution in [2.45, 2.75) is 33.2 Å². The maximum absolute atomic E-state index is 13.6. The van der Waals surface area contributed by atoms with Gasteiger partial charge in [-0.1, -0.05) is 17.4 Å². The van der Waals surface area contributed by atoms with E-state index < -0.39 is 0 Å². The monoisotopic (exact) mass is 427 g/mol. The van der Waals surface area contributed by atoms with Crippen LogP contribution in [0.2, 0.25) is 0 Å². The lowest BCUT2D eigenvalue weighted by Crippen LogP contribution is -2.39. The van der Waals surface area contributed by atoms with Crippen LogP contribution in [0.25, 0.3) is 10.2 Å². The van der Waals surface area contributed by atoms with E-state index in [0.717, 1.165) is 54.6 Å². The van der Waals surface area contributed by atoms with E-state index in [2.05, 4.69) is 29.1 Å². The largest absolute Gasteiger partial charge is 0.379 e. The zero-order valence-electron chi connectivity index (χ0n) is 17.9. The van der Waals surface area contributed by atoms with Crippen LogP contribution in [0.1, 0.15) is 42.4 Å². The molecule has 0 radical (unpaired) electrons. The molecule has 3 heterocycles. The molecule has 4 rings (SSSR count). The minimum absolute atomic E-state index is 0.0426. The number of aryl methyl sites for hydroxylation is 1. The van der Waals surface area contributed by atoms with Crippen molar-refractivity contribution in [1.82, 2.24) is 19.7 Å². The third-order valence-corrected chi connectivity index (χ3v) is 6.39. The summed E-state index contributed by atoms with van der Waals surface area (Å²) in [6, 6.07) is 8.14. The average Bonchev–Trinajstić information content (AvgIpc) is 3.38. The predicted octanol–water partition coefficient (Wildman–Crippen LogP) is 3.75. The number of morpholine rings is 1. The highest BCUT2D eigenvalue weighted by Gasteiger charge is 2.25. The molecule has 0 aliphatic carbocycles. The third kappa shape index (κ3) is 4.55. The van der Waals surface area contributed by atoms with E-state index in [4.69, 9.17) is 9.72 Å². The van der Waals surface area contributed by atoms with Gasteiger partial charge in [0.25, 0.3) is 5.91 Å². The zero-order chi connectivity index (χ0) is 21.1. The topological polar surface area (TPSA) is 63.5 Å². The highest BCUT2D eigenvalue weighted by atomic mass is 32.1. The van der Waals surface area contributed by atoms with E-state index in [1.165, 1.54) is 5.56 Å². The van der Waals surface area contributed by atoms with E-state index in [1.807, 2.05) is 24.8 Å². The summed E-state index contributed by atoms with van der Waals surface area (Å²) in [5.74, 6) is -0.0426. The molecule has 1 fully saturated rings. The third-order valence-electron chi connectivity index (χ3n) is 5.35. The first-order chi connectivity index (χ1) is 14.5. The van der Waals surface area contributed by atoms with Gasteiger partial charge in [-0.15, -0.1) is 0 Å². The number of thiazole rings is 1. The molecule has 0 atom stereocenters. The molecule has 0 spiro atoms. The molecular weight excluding hydrogens is 398 g/mol. The van der Waals surface area contributed by atoms with Crippen molar-refractivity contribution in [3.05, 3.63) is 41.7 Å². The SMILES string of the molecule is Cc1ccc2nc(N(CCCN3CCOCC3)C(=O)c3ccnn3C(C)C)sc2c1. The summed E-state index contributed by atoms with van der Waals surface area (Å²) in [4.78, 5) is 22.6. The molecule has 160 valence electrons. The zero-order valence-corrected chi connectivity index (χ0v) is 18.7. The second kappa shape index (κ2) is 9.24. The first-order valence-corrected chi connectivity index (χ1v) is 11.4. The molecule has 0 unspecified atom stereocenters. The summed E-state index contributed by atoms with van der Waals surface area (Å²) in [7, 11) is 0. The lowest BCUT2D eigenvalue weighted by atomic mass is 10.2. The molecule has 7 nitrogen and oxygen atoms in total. The molecule has 1 aliphatic rings. The van der Waals surface area contributed by atoms with E-state index >= 15 is 0 Å². The number of hydrogen-bond donors (Lipinski definition) is 0. The van der Waals surface area contributed by atoms with Gasteiger partial charge in [0.15, 0.2) is 5.13 Å². The van der Waals surface area contributed by atoms with Crippen molar-refractivity contribution in [2.75, 3.05) is 44.3 Å². The Morgan fingerprint density at radius 1 is 1.27 bits per heavy atom. The Morgan fingerprint density at radius 2 is 2.07 bits per heavy atom. The van der Waals surface area contributed by atoms with Gasteiger partial charge in [-0.25, -0.2) is 4.98 Å². The summed E-state index contributed by atoms with van der Waals surface area (Å²) < 4.78 is 8.33. The lowest BCUT2D eigenvalue weighted by molar-refractivity contribution is 0.0376. The van der Waals surface area contributed by atoms with Crippen LogP contribution in [0, 0.1) is 6.92 Å². The normalized spacial score (nSPS) is 15.2. The van der Waals surface area contributed by atoms with E-state index in [-0.39, 0.29) is 11.9 Å². The van der Waals surface area contributed by atoms with Crippen LogP contribution in [-0.2, 0) is 4.74 Å². The maximum Gasteiger partial charge on any atom is 0.278 e. The summed E-state index contributed by atoms with van der Waals surface area (Å²) in [5.41, 5.74) is 2.73. The van der Waals surface area contributed by atoms with Gasteiger partial charge in [0.1, 0.15) is 5.69 Å². The highest BCUT2D eigenvalue weighted by molar-refractivity contribution is 7.22. The number of anilines is 1. The van der Waals surface area contributed by atoms with Gasteiger partial charge >= 0.3 is 0 Å². The Balaban J connectivity index is 1.59. The summed E-state index contributed by atoms with van der Waals surface area (Å²) >= 11 is 1.58. The van der Waals surface area contributed by atoms with Gasteiger partial charge < -0.3 is 4.74 Å². The number of amides is 1. The first kappa shape index (κ1) is 21.0. The molecule has 0 bridgehead atoms. The van der Waals surface area contributed by atoms with E-state index in [1.54, 1.807) is 28.3 Å². The number of carbonyl (C=O) groups is 1. The van der Waals surface area contributed by atoms with Crippen molar-refractivity contribution < 1.29 is 9.53 Å². The van der Waals surface area contributed by atoms with Gasteiger partial charge in [-0.05, 0) is 51.0 Å². The molecule has 30 heavy (non-hydrogen) atoms. The first-order valence-electron chi connectivity index (χ1n) is 10.6. The number of nitrogens with zero attached hydrogens (tertiary/aromatic N) is 5. The number of benzene rings is 1. The number of aromatic nitrogens is 3. The predicted molar refractivity (Wildman–Crippen MR) is 121 cm³/mol. The van der Waals surface area contributed by atoms with Crippen LogP contribution >= 0.6 is 11.3 Å². The molecule has 3 aromatic rings. The molecule has 1 aromatic carbocycles. The molecule has 1 amide bonds. The number of hydrogen-bond acceptors (Lipinski definition) is 6. The summed E-state index contributed by atoms with van der Waals surface area (Å²) in [6.07, 6.45) is 2.58. The smallest absolute Gasteiger partial charge is 0.278 e. The number of carbonyl (C=O) groups excluding carboxylic acids is 1. The lowest BCUT2D eigenvalue weighted by Gasteiger charge is -2.28. The highest BCUT2D eigenvalue weighted by Crippen LogP contribution is 2.31. The quantitative estimate of drug-likeness (QED) is 0.575. The van der Waals surface area contributed by atoms with Crippen molar-refractivity contribution in [1.29, 1.82) is 0 Å². The molecular formula is C22H29N5O2S. The Morgan fingerprint density at radius 3 is 2.83 bits per heavy atom. The van der Waals surface area contributed by atoms with Gasteiger partial charge in [0, 0.05) is 38.4 Å². The average molecular weight is 428 g/mol. The van der Waals surface area contributed by atoms with Gasteiger partial charge in [0.05, 0.1) is 23.4 Å². The minimum atomic E-state index is -0.0426. The Hall–Kier alpha value is -2.29. The van der Waals surface area contributed by atoms with Crippen LogP contribution in [0.4, 0.5) is 5.13 Å². The minimum Gasteiger partial charge on any atom is -0.379 e. The second-order valence-corrected chi connectivity index (χ2v) is 9.00. The van der Waals surface area contributed by atoms with Gasteiger partial charge in [-0.2, -0.15) is 5.10 Å². The number of ether oxygens (including phenoxy) is 1. The fraction of sp³-hybridized carbons (Fsp3) is 0.500. The van der Waals surface area contributed by atoms with Crippen molar-refractivity contribution >= 4 is 32.6 Å². The maximum atomic E-state index is 13.6. The Kier molecular flexibility index (Phi) is 6.46. The molecule has 0 saturated carbocycles. The fourth-order valence-electron chi connectivity index (χ4n) is 3.73. The van der Waals surface area contributed by atoms with Crippen LogP contribution in [0.15, 0.2) is 30.5 Å². The number of rotatable bonds is 7. The summed E-state index contributed by atoms with van der Waals surface area (Å²) in [5, 5.41) is 5.10. The van der Waals surface area contributed by atoms with Crippen LogP contribution in [0.3, 0.4) is 0 Å². The second-order valence-electron chi connectivity index (χ2n) is 7.99. The van der Waals surface area contributed by atoms with E-state index in [9.17, 15) is 4.79 Å². The fourth-order valence-corrected chi connectivity index (χ4v) is 4.82. The van der Waals surface area contributed by atoms with Crippen LogP contribution < -0.4 is 4.90 Å². The molecule has 8 heteroatoms. The van der Waals surface area contributed by atoms with E-state index in [0.29, 0.717) is 12.2 Å². The molecule has 1 aliphatic heterocycles. The Labute approximate surface area is 181 Å². The van der Waals surface area contributed by atoms with Gasteiger partial charge in [0.2, 0.25) is 0 Å². The molecule has 1 saturated heterocycles. The van der Waals surface area contributed by atoms with Crippen molar-refractivity contribution in [3.8, 4) is 0 Å². The number of fused-ring (bicyclic) bond motifs is 1. The van der Waals surface area contributed by atoms with Crippen molar-refractivity contribution in [2.24, 2.45) is 0 Å². The standard InChI is InChI=1S/C22H29N5O2S/c1-16(2)27-19(7-8-23-27)21(28)26(10-4-9-25-11-13-29-14-12-25)22-24-18-6-5-17(3)15-20(18)30-22/h5-8,15-16H,4,9-14H2,1-3H3. The Bertz CT molecular complexity index is 1010.